The number of carbonyl (C=O) groups excluding carboxylic acids is 3. The lowest BCUT2D eigenvalue weighted by Gasteiger charge is -2.25. The fourth-order valence-electron chi connectivity index (χ4n) is 3.86. The first-order valence-electron chi connectivity index (χ1n) is 8.87. The number of carbonyl (C=O) groups is 3. The molecule has 4 rings (SSSR count). The first-order chi connectivity index (χ1) is 12.6. The molecular formula is C21H20N2O3. The third kappa shape index (κ3) is 2.69. The molecule has 2 heterocycles. The molecule has 132 valence electrons. The fourth-order valence-corrected chi connectivity index (χ4v) is 3.86. The highest BCUT2D eigenvalue weighted by Crippen LogP contribution is 2.27. The average Bonchev–Trinajstić information content (AvgIpc) is 3.21. The van der Waals surface area contributed by atoms with Gasteiger partial charge in [0.15, 0.2) is 0 Å². The minimum Gasteiger partial charge on any atom is -0.335 e. The molecule has 1 fully saturated rings. The van der Waals surface area contributed by atoms with Crippen molar-refractivity contribution < 1.29 is 14.4 Å². The summed E-state index contributed by atoms with van der Waals surface area (Å²) in [6.07, 6.45) is 2.79. The molecule has 2 aliphatic rings. The Bertz CT molecular complexity index is 891. The second-order valence-electron chi connectivity index (χ2n) is 6.91. The van der Waals surface area contributed by atoms with Gasteiger partial charge < -0.3 is 4.90 Å². The molecule has 2 aromatic rings. The Labute approximate surface area is 152 Å². The summed E-state index contributed by atoms with van der Waals surface area (Å²) < 4.78 is 0. The molecule has 3 amide bonds. The third-order valence-electron chi connectivity index (χ3n) is 5.29. The predicted octanol–water partition coefficient (Wildman–Crippen LogP) is 2.76. The molecule has 0 N–H and O–H groups in total. The Morgan fingerprint density at radius 2 is 1.77 bits per heavy atom. The summed E-state index contributed by atoms with van der Waals surface area (Å²) in [5, 5.41) is 0. The minimum absolute atomic E-state index is 0.0685. The molecule has 2 aliphatic heterocycles. The molecule has 0 aliphatic carbocycles. The van der Waals surface area contributed by atoms with Gasteiger partial charge in [0.2, 0.25) is 0 Å². The van der Waals surface area contributed by atoms with E-state index >= 15 is 0 Å². The molecule has 0 saturated carbocycles. The Hall–Kier alpha value is -2.95. The summed E-state index contributed by atoms with van der Waals surface area (Å²) in [6.45, 7) is 0.722. The lowest BCUT2D eigenvalue weighted by molar-refractivity contribution is 0.0692. The van der Waals surface area contributed by atoms with Crippen molar-refractivity contribution in [1.29, 1.82) is 0 Å². The molecule has 0 bridgehead atoms. The van der Waals surface area contributed by atoms with Crippen LogP contribution in [0.15, 0.2) is 48.5 Å². The normalized spacial score (nSPS) is 19.2. The van der Waals surface area contributed by atoms with Crippen LogP contribution in [0.4, 0.5) is 0 Å². The van der Waals surface area contributed by atoms with Crippen molar-refractivity contribution in [3.63, 3.8) is 0 Å². The van der Waals surface area contributed by atoms with Crippen molar-refractivity contribution in [3.8, 4) is 0 Å². The first kappa shape index (κ1) is 16.5. The van der Waals surface area contributed by atoms with Crippen LogP contribution in [-0.2, 0) is 6.42 Å². The van der Waals surface area contributed by atoms with Crippen LogP contribution in [0.5, 0.6) is 0 Å². The maximum absolute atomic E-state index is 13.0. The molecule has 5 heteroatoms. The monoisotopic (exact) mass is 348 g/mol. The second-order valence-corrected chi connectivity index (χ2v) is 6.91. The Kier molecular flexibility index (Phi) is 4.07. The van der Waals surface area contributed by atoms with Crippen molar-refractivity contribution in [3.05, 3.63) is 70.8 Å². The highest BCUT2D eigenvalue weighted by atomic mass is 16.2. The lowest BCUT2D eigenvalue weighted by Crippen LogP contribution is -2.36. The van der Waals surface area contributed by atoms with E-state index < -0.39 is 0 Å². The van der Waals surface area contributed by atoms with Crippen molar-refractivity contribution >= 4 is 17.7 Å². The van der Waals surface area contributed by atoms with Crippen LogP contribution in [0.2, 0.25) is 0 Å². The first-order valence-corrected chi connectivity index (χ1v) is 8.87. The summed E-state index contributed by atoms with van der Waals surface area (Å²) >= 11 is 0. The van der Waals surface area contributed by atoms with E-state index in [0.717, 1.165) is 30.7 Å². The van der Waals surface area contributed by atoms with E-state index in [0.29, 0.717) is 16.7 Å². The van der Waals surface area contributed by atoms with Gasteiger partial charge in [-0.2, -0.15) is 0 Å². The van der Waals surface area contributed by atoms with Gasteiger partial charge in [-0.05, 0) is 43.0 Å². The van der Waals surface area contributed by atoms with Crippen molar-refractivity contribution in [2.45, 2.75) is 25.3 Å². The highest BCUT2D eigenvalue weighted by molar-refractivity contribution is 6.21. The molecule has 2 aromatic carbocycles. The number of rotatable bonds is 3. The topological polar surface area (TPSA) is 57.7 Å². The van der Waals surface area contributed by atoms with Crippen LogP contribution in [0.3, 0.4) is 0 Å². The van der Waals surface area contributed by atoms with Crippen LogP contribution < -0.4 is 0 Å². The van der Waals surface area contributed by atoms with Gasteiger partial charge in [0.05, 0.1) is 11.1 Å². The summed E-state index contributed by atoms with van der Waals surface area (Å²) in [5.41, 5.74) is 2.38. The molecule has 26 heavy (non-hydrogen) atoms. The third-order valence-corrected chi connectivity index (χ3v) is 5.29. The molecule has 0 radical (unpaired) electrons. The van der Waals surface area contributed by atoms with Crippen molar-refractivity contribution in [2.24, 2.45) is 0 Å². The Balaban J connectivity index is 1.58. The number of imide groups is 1. The number of hydrogen-bond acceptors (Lipinski definition) is 3. The van der Waals surface area contributed by atoms with Crippen LogP contribution in [0.1, 0.15) is 49.5 Å². The van der Waals surface area contributed by atoms with Gasteiger partial charge in [-0.3, -0.25) is 19.3 Å². The molecule has 5 nitrogen and oxygen atoms in total. The number of hydrogen-bond donors (Lipinski definition) is 0. The van der Waals surface area contributed by atoms with Crippen molar-refractivity contribution in [2.75, 3.05) is 13.6 Å². The average molecular weight is 348 g/mol. The SMILES string of the molecule is CN1C(=O)c2ccc(C(=O)N3CCC[C@H]3Cc3ccccc3)cc2C1=O. The number of likely N-dealkylation sites (tertiary alicyclic amines) is 1. The number of fused-ring (bicyclic) bond motifs is 1. The van der Waals surface area contributed by atoms with Gasteiger partial charge in [-0.25, -0.2) is 0 Å². The van der Waals surface area contributed by atoms with Gasteiger partial charge in [0.25, 0.3) is 17.7 Å². The van der Waals surface area contributed by atoms with E-state index in [1.165, 1.54) is 12.6 Å². The van der Waals surface area contributed by atoms with Gasteiger partial charge in [0, 0.05) is 25.2 Å². The van der Waals surface area contributed by atoms with Crippen LogP contribution in [-0.4, -0.2) is 47.2 Å². The molecular weight excluding hydrogens is 328 g/mol. The van der Waals surface area contributed by atoms with E-state index in [1.54, 1.807) is 18.2 Å². The molecule has 1 saturated heterocycles. The largest absolute Gasteiger partial charge is 0.335 e. The van der Waals surface area contributed by atoms with Gasteiger partial charge in [-0.15, -0.1) is 0 Å². The fraction of sp³-hybridized carbons (Fsp3) is 0.286. The smallest absolute Gasteiger partial charge is 0.261 e. The van der Waals surface area contributed by atoms with Crippen LogP contribution >= 0.6 is 0 Å². The van der Waals surface area contributed by atoms with E-state index in [4.69, 9.17) is 0 Å². The quantitative estimate of drug-likeness (QED) is 0.802. The molecule has 0 unspecified atom stereocenters. The second kappa shape index (κ2) is 6.41. The molecule has 1 atom stereocenters. The van der Waals surface area contributed by atoms with Crippen LogP contribution in [0.25, 0.3) is 0 Å². The minimum atomic E-state index is -0.345. The Morgan fingerprint density at radius 3 is 2.54 bits per heavy atom. The van der Waals surface area contributed by atoms with Crippen LogP contribution in [0, 0.1) is 0 Å². The maximum Gasteiger partial charge on any atom is 0.261 e. The summed E-state index contributed by atoms with van der Waals surface area (Å²) in [7, 11) is 1.46. The molecule has 0 spiro atoms. The predicted molar refractivity (Wildman–Crippen MR) is 97.1 cm³/mol. The maximum atomic E-state index is 13.0. The van der Waals surface area contributed by atoms with E-state index in [2.05, 4.69) is 12.1 Å². The van der Waals surface area contributed by atoms with Crippen molar-refractivity contribution in [1.82, 2.24) is 9.80 Å². The summed E-state index contributed by atoms with van der Waals surface area (Å²) in [6, 6.07) is 15.1. The summed E-state index contributed by atoms with van der Waals surface area (Å²) in [4.78, 5) is 40.2. The van der Waals surface area contributed by atoms with Gasteiger partial charge >= 0.3 is 0 Å². The zero-order chi connectivity index (χ0) is 18.3. The van der Waals surface area contributed by atoms with Gasteiger partial charge in [0.1, 0.15) is 0 Å². The number of amides is 3. The van der Waals surface area contributed by atoms with E-state index in [1.807, 2.05) is 23.1 Å². The standard InChI is InChI=1S/C21H20N2O3/c1-22-20(25)17-10-9-15(13-18(17)21(22)26)19(24)23-11-5-8-16(23)12-14-6-3-2-4-7-14/h2-4,6-7,9-10,13,16H,5,8,11-12H2,1H3/t16-/m0/s1. The highest BCUT2D eigenvalue weighted by Gasteiger charge is 2.35. The zero-order valence-electron chi connectivity index (χ0n) is 14.6. The van der Waals surface area contributed by atoms with E-state index in [-0.39, 0.29) is 23.8 Å². The summed E-state index contributed by atoms with van der Waals surface area (Å²) in [5.74, 6) is -0.727. The molecule has 0 aromatic heterocycles. The lowest BCUT2D eigenvalue weighted by atomic mass is 10.0. The zero-order valence-corrected chi connectivity index (χ0v) is 14.6. The number of benzene rings is 2. The Morgan fingerprint density at radius 1 is 1.04 bits per heavy atom. The van der Waals surface area contributed by atoms with E-state index in [9.17, 15) is 14.4 Å². The number of nitrogens with zero attached hydrogens (tertiary/aromatic N) is 2. The van der Waals surface area contributed by atoms with Gasteiger partial charge in [-0.1, -0.05) is 30.3 Å².